The van der Waals surface area contributed by atoms with Gasteiger partial charge in [-0.05, 0) is 25.5 Å². The monoisotopic (exact) mass is 241 g/mol. The second-order valence-electron chi connectivity index (χ2n) is 2.80. The standard InChI is InChI=1S/C8H8ClN3.2C2H6/c1-5-3-7(9)11-12-4-6(2)10-8(5)12;2*1-2/h3-4H,1-2H3;2*1-2H3. The fourth-order valence-corrected chi connectivity index (χ4v) is 1.45. The highest BCUT2D eigenvalue weighted by Gasteiger charge is 2.02. The molecule has 0 aliphatic rings. The Labute approximate surface area is 102 Å². The summed E-state index contributed by atoms with van der Waals surface area (Å²) < 4.78 is 1.70. The number of aromatic nitrogens is 3. The van der Waals surface area contributed by atoms with Crippen LogP contribution in [0.1, 0.15) is 39.0 Å². The van der Waals surface area contributed by atoms with E-state index in [1.165, 1.54) is 0 Å². The maximum absolute atomic E-state index is 5.77. The van der Waals surface area contributed by atoms with E-state index in [0.29, 0.717) is 5.15 Å². The van der Waals surface area contributed by atoms with Crippen LogP contribution in [0.5, 0.6) is 0 Å². The minimum absolute atomic E-state index is 0.498. The number of fused-ring (bicyclic) bond motifs is 1. The molecule has 0 N–H and O–H groups in total. The minimum Gasteiger partial charge on any atom is -0.232 e. The maximum Gasteiger partial charge on any atom is 0.156 e. The molecule has 0 atom stereocenters. The van der Waals surface area contributed by atoms with Gasteiger partial charge in [0.25, 0.3) is 0 Å². The second-order valence-corrected chi connectivity index (χ2v) is 3.19. The summed E-state index contributed by atoms with van der Waals surface area (Å²) in [7, 11) is 0. The topological polar surface area (TPSA) is 30.2 Å². The van der Waals surface area contributed by atoms with Gasteiger partial charge in [0.1, 0.15) is 5.15 Å². The molecule has 0 bridgehead atoms. The number of rotatable bonds is 0. The van der Waals surface area contributed by atoms with Gasteiger partial charge in [0, 0.05) is 0 Å². The predicted molar refractivity (Wildman–Crippen MR) is 70.2 cm³/mol. The molecule has 2 aromatic heterocycles. The molecule has 16 heavy (non-hydrogen) atoms. The van der Waals surface area contributed by atoms with E-state index in [1.54, 1.807) is 4.52 Å². The number of hydrogen-bond donors (Lipinski definition) is 0. The minimum atomic E-state index is 0.498. The summed E-state index contributed by atoms with van der Waals surface area (Å²) in [6.45, 7) is 11.9. The molecular weight excluding hydrogens is 222 g/mol. The fourth-order valence-electron chi connectivity index (χ4n) is 1.21. The number of hydrogen-bond acceptors (Lipinski definition) is 2. The highest BCUT2D eigenvalue weighted by molar-refractivity contribution is 6.29. The molecule has 3 nitrogen and oxygen atoms in total. The fraction of sp³-hybridized carbons (Fsp3) is 0.500. The summed E-state index contributed by atoms with van der Waals surface area (Å²) in [5.41, 5.74) is 2.87. The Bertz CT molecular complexity index is 435. The summed E-state index contributed by atoms with van der Waals surface area (Å²) in [5, 5.41) is 4.57. The van der Waals surface area contributed by atoms with E-state index in [1.807, 2.05) is 53.8 Å². The van der Waals surface area contributed by atoms with E-state index in [-0.39, 0.29) is 0 Å². The van der Waals surface area contributed by atoms with Crippen LogP contribution >= 0.6 is 11.6 Å². The second kappa shape index (κ2) is 7.23. The van der Waals surface area contributed by atoms with Gasteiger partial charge in [-0.3, -0.25) is 0 Å². The third-order valence-corrected chi connectivity index (χ3v) is 1.88. The van der Waals surface area contributed by atoms with E-state index in [0.717, 1.165) is 16.9 Å². The van der Waals surface area contributed by atoms with Crippen molar-refractivity contribution in [3.63, 3.8) is 0 Å². The molecule has 90 valence electrons. The lowest BCUT2D eigenvalue weighted by Crippen LogP contribution is -1.92. The average molecular weight is 242 g/mol. The van der Waals surface area contributed by atoms with Gasteiger partial charge in [0.2, 0.25) is 0 Å². The van der Waals surface area contributed by atoms with Crippen molar-refractivity contribution >= 4 is 17.2 Å². The SMILES string of the molecule is CC.CC.Cc1cn2nc(Cl)cc(C)c2n1. The first-order valence-electron chi connectivity index (χ1n) is 5.66. The van der Waals surface area contributed by atoms with Gasteiger partial charge < -0.3 is 0 Å². The Balaban J connectivity index is 0.000000509. The summed E-state index contributed by atoms with van der Waals surface area (Å²) in [6, 6.07) is 1.81. The van der Waals surface area contributed by atoms with Crippen molar-refractivity contribution < 1.29 is 0 Å². The molecular formula is C12H20ClN3. The zero-order valence-electron chi connectivity index (χ0n) is 10.9. The summed E-state index contributed by atoms with van der Waals surface area (Å²) in [6.07, 6.45) is 1.86. The molecule has 0 aliphatic carbocycles. The van der Waals surface area contributed by atoms with Crippen LogP contribution in [0.15, 0.2) is 12.3 Å². The van der Waals surface area contributed by atoms with Crippen LogP contribution in [0, 0.1) is 13.8 Å². The van der Waals surface area contributed by atoms with Gasteiger partial charge in [0.05, 0.1) is 11.9 Å². The van der Waals surface area contributed by atoms with Crippen LogP contribution in [0.25, 0.3) is 5.65 Å². The Hall–Kier alpha value is -1.09. The third-order valence-electron chi connectivity index (χ3n) is 1.70. The first kappa shape index (κ1) is 14.9. The van der Waals surface area contributed by atoms with Gasteiger partial charge in [-0.15, -0.1) is 0 Å². The summed E-state index contributed by atoms with van der Waals surface area (Å²) >= 11 is 5.77. The zero-order chi connectivity index (χ0) is 12.7. The molecule has 4 heteroatoms. The first-order chi connectivity index (χ1) is 7.66. The molecule has 0 saturated heterocycles. The zero-order valence-corrected chi connectivity index (χ0v) is 11.6. The van der Waals surface area contributed by atoms with E-state index < -0.39 is 0 Å². The van der Waals surface area contributed by atoms with Crippen LogP contribution in [0.3, 0.4) is 0 Å². The normalized spacial score (nSPS) is 8.94. The lowest BCUT2D eigenvalue weighted by Gasteiger charge is -1.96. The first-order valence-corrected chi connectivity index (χ1v) is 6.04. The molecule has 0 saturated carbocycles. The molecule has 2 aromatic rings. The van der Waals surface area contributed by atoms with E-state index in [4.69, 9.17) is 11.6 Å². The lowest BCUT2D eigenvalue weighted by atomic mass is 10.3. The molecule has 0 radical (unpaired) electrons. The van der Waals surface area contributed by atoms with Crippen LogP contribution in [-0.4, -0.2) is 14.6 Å². The van der Waals surface area contributed by atoms with E-state index >= 15 is 0 Å². The molecule has 0 amide bonds. The van der Waals surface area contributed by atoms with Gasteiger partial charge in [-0.2, -0.15) is 5.10 Å². The van der Waals surface area contributed by atoms with E-state index in [2.05, 4.69) is 10.1 Å². The van der Waals surface area contributed by atoms with Crippen molar-refractivity contribution in [1.29, 1.82) is 0 Å². The summed E-state index contributed by atoms with van der Waals surface area (Å²) in [4.78, 5) is 4.30. The number of nitrogens with zero attached hydrogens (tertiary/aromatic N) is 3. The van der Waals surface area contributed by atoms with Crippen molar-refractivity contribution in [3.8, 4) is 0 Å². The van der Waals surface area contributed by atoms with Gasteiger partial charge in [-0.1, -0.05) is 39.3 Å². The quantitative estimate of drug-likeness (QED) is 0.697. The Morgan fingerprint density at radius 1 is 1.12 bits per heavy atom. The molecule has 0 unspecified atom stereocenters. The van der Waals surface area contributed by atoms with Gasteiger partial charge in [-0.25, -0.2) is 9.50 Å². The number of halogens is 1. The van der Waals surface area contributed by atoms with Crippen molar-refractivity contribution in [1.82, 2.24) is 14.6 Å². The average Bonchev–Trinajstić information content (AvgIpc) is 2.65. The van der Waals surface area contributed by atoms with Crippen LogP contribution in [-0.2, 0) is 0 Å². The largest absolute Gasteiger partial charge is 0.232 e. The van der Waals surface area contributed by atoms with Crippen LogP contribution < -0.4 is 0 Å². The number of aryl methyl sites for hydroxylation is 2. The Kier molecular flexibility index (Phi) is 6.74. The lowest BCUT2D eigenvalue weighted by molar-refractivity contribution is 0.927. The predicted octanol–water partition coefficient (Wildman–Crippen LogP) is 4.05. The summed E-state index contributed by atoms with van der Waals surface area (Å²) in [5.74, 6) is 0. The van der Waals surface area contributed by atoms with Gasteiger partial charge >= 0.3 is 0 Å². The maximum atomic E-state index is 5.77. The van der Waals surface area contributed by atoms with Crippen molar-refractivity contribution in [2.24, 2.45) is 0 Å². The Morgan fingerprint density at radius 2 is 1.69 bits per heavy atom. The highest BCUT2D eigenvalue weighted by Crippen LogP contribution is 2.12. The molecule has 2 heterocycles. The van der Waals surface area contributed by atoms with Crippen molar-refractivity contribution in [2.75, 3.05) is 0 Å². The highest BCUT2D eigenvalue weighted by atomic mass is 35.5. The smallest absolute Gasteiger partial charge is 0.156 e. The van der Waals surface area contributed by atoms with E-state index in [9.17, 15) is 0 Å². The van der Waals surface area contributed by atoms with Crippen molar-refractivity contribution in [2.45, 2.75) is 41.5 Å². The Morgan fingerprint density at radius 3 is 2.25 bits per heavy atom. The molecule has 2 rings (SSSR count). The molecule has 0 aliphatic heterocycles. The van der Waals surface area contributed by atoms with Crippen LogP contribution in [0.2, 0.25) is 5.15 Å². The van der Waals surface area contributed by atoms with Gasteiger partial charge in [0.15, 0.2) is 5.65 Å². The number of imidazole rings is 1. The molecule has 0 fully saturated rings. The molecule has 0 aromatic carbocycles. The van der Waals surface area contributed by atoms with Crippen molar-refractivity contribution in [3.05, 3.63) is 28.7 Å². The molecule has 0 spiro atoms. The van der Waals surface area contributed by atoms with Crippen LogP contribution in [0.4, 0.5) is 0 Å². The third kappa shape index (κ3) is 3.49.